The van der Waals surface area contributed by atoms with Gasteiger partial charge in [-0.25, -0.2) is 4.39 Å². The zero-order valence-corrected chi connectivity index (χ0v) is 11.7. The lowest BCUT2D eigenvalue weighted by molar-refractivity contribution is -0.118. The second kappa shape index (κ2) is 6.85. The van der Waals surface area contributed by atoms with Crippen LogP contribution < -0.4 is 15.8 Å². The minimum absolute atomic E-state index is 0.0524. The van der Waals surface area contributed by atoms with Crippen LogP contribution in [-0.4, -0.2) is 12.5 Å². The number of nitrogens with one attached hydrogen (secondary N) is 1. The Balaban J connectivity index is 1.88. The molecule has 3 N–H and O–H groups in total. The van der Waals surface area contributed by atoms with Crippen LogP contribution in [0, 0.1) is 5.82 Å². The van der Waals surface area contributed by atoms with Gasteiger partial charge in [-0.15, -0.1) is 0 Å². The van der Waals surface area contributed by atoms with Gasteiger partial charge in [0.05, 0.1) is 5.69 Å². The Morgan fingerprint density at radius 1 is 1.24 bits per heavy atom. The number of para-hydroxylation sites is 1. The number of nitrogens with two attached hydrogens (primary N) is 1. The zero-order chi connectivity index (χ0) is 15.2. The number of ether oxygens (including phenoxy) is 1. The number of hydrogen-bond acceptors (Lipinski definition) is 3. The van der Waals surface area contributed by atoms with Crippen molar-refractivity contribution >= 4 is 11.6 Å². The van der Waals surface area contributed by atoms with Gasteiger partial charge >= 0.3 is 0 Å². The Morgan fingerprint density at radius 3 is 2.52 bits per heavy atom. The van der Waals surface area contributed by atoms with E-state index < -0.39 is 11.7 Å². The minimum Gasteiger partial charge on any atom is -0.484 e. The average Bonchev–Trinajstić information content (AvgIpc) is 2.48. The van der Waals surface area contributed by atoms with Crippen molar-refractivity contribution in [2.45, 2.75) is 13.0 Å². The molecule has 0 heterocycles. The van der Waals surface area contributed by atoms with E-state index in [-0.39, 0.29) is 18.3 Å². The molecule has 0 aliphatic carbocycles. The van der Waals surface area contributed by atoms with Crippen LogP contribution in [0.4, 0.5) is 10.1 Å². The van der Waals surface area contributed by atoms with E-state index >= 15 is 0 Å². The highest BCUT2D eigenvalue weighted by atomic mass is 19.1. The Labute approximate surface area is 122 Å². The number of carbonyl (C=O) groups is 1. The molecule has 0 bridgehead atoms. The second-order valence-corrected chi connectivity index (χ2v) is 4.67. The highest BCUT2D eigenvalue weighted by Gasteiger charge is 2.07. The summed E-state index contributed by atoms with van der Waals surface area (Å²) in [5.41, 5.74) is 6.87. The van der Waals surface area contributed by atoms with Crippen molar-refractivity contribution in [2.75, 3.05) is 11.9 Å². The molecule has 4 nitrogen and oxygen atoms in total. The molecule has 0 aromatic heterocycles. The van der Waals surface area contributed by atoms with E-state index in [4.69, 9.17) is 10.5 Å². The van der Waals surface area contributed by atoms with Crippen LogP contribution in [0.1, 0.15) is 18.5 Å². The van der Waals surface area contributed by atoms with Crippen molar-refractivity contribution in [3.63, 3.8) is 0 Å². The van der Waals surface area contributed by atoms with Gasteiger partial charge in [-0.2, -0.15) is 0 Å². The van der Waals surface area contributed by atoms with Gasteiger partial charge in [0.25, 0.3) is 5.91 Å². The molecule has 1 atom stereocenters. The predicted molar refractivity (Wildman–Crippen MR) is 79.6 cm³/mol. The van der Waals surface area contributed by atoms with E-state index in [9.17, 15) is 9.18 Å². The molecule has 0 aliphatic rings. The first-order valence-corrected chi connectivity index (χ1v) is 6.59. The smallest absolute Gasteiger partial charge is 0.262 e. The lowest BCUT2D eigenvalue weighted by atomic mass is 10.1. The third kappa shape index (κ3) is 4.29. The SMILES string of the molecule is C[C@@H](N)c1ccc(OCC(=O)Nc2ccccc2F)cc1. The van der Waals surface area contributed by atoms with Gasteiger partial charge in [-0.1, -0.05) is 24.3 Å². The standard InChI is InChI=1S/C16H17FN2O2/c1-11(18)12-6-8-13(9-7-12)21-10-16(20)19-15-5-3-2-4-14(15)17/h2-9,11H,10,18H2,1H3,(H,19,20)/t11-/m1/s1. The Hall–Kier alpha value is -2.40. The first kappa shape index (κ1) is 15.0. The van der Waals surface area contributed by atoms with Crippen LogP contribution in [0.25, 0.3) is 0 Å². The molecular formula is C16H17FN2O2. The Kier molecular flexibility index (Phi) is 4.90. The molecule has 21 heavy (non-hydrogen) atoms. The molecular weight excluding hydrogens is 271 g/mol. The first-order valence-electron chi connectivity index (χ1n) is 6.59. The van der Waals surface area contributed by atoms with Gasteiger partial charge in [-0.3, -0.25) is 4.79 Å². The van der Waals surface area contributed by atoms with Crippen molar-refractivity contribution in [1.29, 1.82) is 0 Å². The van der Waals surface area contributed by atoms with Gasteiger partial charge in [0.15, 0.2) is 6.61 Å². The molecule has 0 saturated heterocycles. The van der Waals surface area contributed by atoms with Crippen LogP contribution in [0.2, 0.25) is 0 Å². The normalized spacial score (nSPS) is 11.8. The fourth-order valence-electron chi connectivity index (χ4n) is 1.77. The molecule has 2 rings (SSSR count). The summed E-state index contributed by atoms with van der Waals surface area (Å²) in [6, 6.07) is 13.1. The van der Waals surface area contributed by atoms with Crippen LogP contribution in [0.15, 0.2) is 48.5 Å². The zero-order valence-electron chi connectivity index (χ0n) is 11.7. The summed E-state index contributed by atoms with van der Waals surface area (Å²) in [6.07, 6.45) is 0. The maximum Gasteiger partial charge on any atom is 0.262 e. The van der Waals surface area contributed by atoms with E-state index in [1.807, 2.05) is 19.1 Å². The van der Waals surface area contributed by atoms with Crippen LogP contribution in [-0.2, 0) is 4.79 Å². The van der Waals surface area contributed by atoms with Gasteiger partial charge in [0, 0.05) is 6.04 Å². The molecule has 0 spiro atoms. The van der Waals surface area contributed by atoms with Crippen molar-refractivity contribution in [1.82, 2.24) is 0 Å². The number of benzene rings is 2. The molecule has 0 saturated carbocycles. The van der Waals surface area contributed by atoms with E-state index in [0.717, 1.165) is 5.56 Å². The molecule has 110 valence electrons. The maximum atomic E-state index is 13.4. The number of amides is 1. The molecule has 0 unspecified atom stereocenters. The number of halogens is 1. The highest BCUT2D eigenvalue weighted by Crippen LogP contribution is 2.16. The summed E-state index contributed by atoms with van der Waals surface area (Å²) in [6.45, 7) is 1.70. The third-order valence-corrected chi connectivity index (χ3v) is 2.92. The predicted octanol–water partition coefficient (Wildman–Crippen LogP) is 2.86. The quantitative estimate of drug-likeness (QED) is 0.889. The van der Waals surface area contributed by atoms with E-state index in [1.54, 1.807) is 24.3 Å². The topological polar surface area (TPSA) is 64.3 Å². The van der Waals surface area contributed by atoms with Crippen molar-refractivity contribution < 1.29 is 13.9 Å². The minimum atomic E-state index is -0.480. The van der Waals surface area contributed by atoms with Crippen LogP contribution in [0.3, 0.4) is 0 Å². The summed E-state index contributed by atoms with van der Waals surface area (Å²) in [7, 11) is 0. The van der Waals surface area contributed by atoms with E-state index in [0.29, 0.717) is 5.75 Å². The summed E-state index contributed by atoms with van der Waals surface area (Å²) in [4.78, 5) is 11.7. The number of hydrogen-bond donors (Lipinski definition) is 2. The molecule has 5 heteroatoms. The molecule has 0 aliphatic heterocycles. The second-order valence-electron chi connectivity index (χ2n) is 4.67. The number of anilines is 1. The highest BCUT2D eigenvalue weighted by molar-refractivity contribution is 5.91. The largest absolute Gasteiger partial charge is 0.484 e. The summed E-state index contributed by atoms with van der Waals surface area (Å²) in [5, 5.41) is 2.45. The monoisotopic (exact) mass is 288 g/mol. The van der Waals surface area contributed by atoms with Gasteiger partial charge in [0.1, 0.15) is 11.6 Å². The van der Waals surface area contributed by atoms with Crippen LogP contribution in [0.5, 0.6) is 5.75 Å². The molecule has 0 radical (unpaired) electrons. The van der Waals surface area contributed by atoms with E-state index in [2.05, 4.69) is 5.32 Å². The van der Waals surface area contributed by atoms with Crippen molar-refractivity contribution in [3.8, 4) is 5.75 Å². The van der Waals surface area contributed by atoms with Gasteiger partial charge in [0.2, 0.25) is 0 Å². The molecule has 2 aromatic rings. The first-order chi connectivity index (χ1) is 10.1. The van der Waals surface area contributed by atoms with Crippen molar-refractivity contribution in [3.05, 3.63) is 59.9 Å². The molecule has 2 aromatic carbocycles. The maximum absolute atomic E-state index is 13.4. The van der Waals surface area contributed by atoms with Crippen LogP contribution >= 0.6 is 0 Å². The Morgan fingerprint density at radius 2 is 1.90 bits per heavy atom. The summed E-state index contributed by atoms with van der Waals surface area (Å²) < 4.78 is 18.7. The number of carbonyl (C=O) groups excluding carboxylic acids is 1. The third-order valence-electron chi connectivity index (χ3n) is 2.92. The van der Waals surface area contributed by atoms with E-state index in [1.165, 1.54) is 12.1 Å². The number of rotatable bonds is 5. The lowest BCUT2D eigenvalue weighted by Crippen LogP contribution is -2.20. The fourth-order valence-corrected chi connectivity index (χ4v) is 1.77. The fraction of sp³-hybridized carbons (Fsp3) is 0.188. The summed E-state index contributed by atoms with van der Waals surface area (Å²) >= 11 is 0. The average molecular weight is 288 g/mol. The molecule has 0 fully saturated rings. The summed E-state index contributed by atoms with van der Waals surface area (Å²) in [5.74, 6) is -0.341. The Bertz CT molecular complexity index is 612. The van der Waals surface area contributed by atoms with Gasteiger partial charge in [-0.05, 0) is 36.8 Å². The lowest BCUT2D eigenvalue weighted by Gasteiger charge is -2.09. The van der Waals surface area contributed by atoms with Crippen molar-refractivity contribution in [2.24, 2.45) is 5.73 Å². The molecule has 1 amide bonds. The van der Waals surface area contributed by atoms with Gasteiger partial charge < -0.3 is 15.8 Å².